The molecule has 1 amide bonds. The van der Waals surface area contributed by atoms with Gasteiger partial charge in [0.15, 0.2) is 0 Å². The zero-order valence-corrected chi connectivity index (χ0v) is 9.42. The minimum absolute atomic E-state index is 0.0965. The fraction of sp³-hybridized carbons (Fsp3) is 0.333. The van der Waals surface area contributed by atoms with Crippen LogP contribution in [-0.4, -0.2) is 35.0 Å². The standard InChI is InChI=1S/C12H13NO4/c1-17-9-4-2-3-8(5-9)7-13-10(12(15)16)6-11(13)14/h2-5,10H,6-7H2,1H3,(H,15,16). The molecule has 1 aliphatic rings. The third-order valence-electron chi connectivity index (χ3n) is 2.84. The fourth-order valence-electron chi connectivity index (χ4n) is 1.84. The molecule has 5 heteroatoms. The van der Waals surface area contributed by atoms with Gasteiger partial charge in [-0.3, -0.25) is 4.79 Å². The van der Waals surface area contributed by atoms with Gasteiger partial charge in [-0.25, -0.2) is 4.79 Å². The lowest BCUT2D eigenvalue weighted by molar-refractivity contribution is -0.162. The van der Waals surface area contributed by atoms with Gasteiger partial charge >= 0.3 is 5.97 Å². The maximum atomic E-state index is 11.3. The van der Waals surface area contributed by atoms with Crippen molar-refractivity contribution in [3.8, 4) is 5.75 Å². The van der Waals surface area contributed by atoms with Crippen LogP contribution in [-0.2, 0) is 16.1 Å². The minimum Gasteiger partial charge on any atom is -0.497 e. The number of carboxylic acid groups (broad SMARTS) is 1. The van der Waals surface area contributed by atoms with E-state index in [-0.39, 0.29) is 12.3 Å². The van der Waals surface area contributed by atoms with Crippen LogP contribution in [0.3, 0.4) is 0 Å². The molecule has 1 fully saturated rings. The molecule has 1 heterocycles. The number of ether oxygens (including phenoxy) is 1. The Morgan fingerprint density at radius 1 is 1.59 bits per heavy atom. The van der Waals surface area contributed by atoms with E-state index in [1.165, 1.54) is 4.90 Å². The largest absolute Gasteiger partial charge is 0.497 e. The van der Waals surface area contributed by atoms with Gasteiger partial charge in [-0.05, 0) is 17.7 Å². The molecule has 0 aromatic heterocycles. The van der Waals surface area contributed by atoms with Crippen molar-refractivity contribution in [1.82, 2.24) is 4.90 Å². The second-order valence-electron chi connectivity index (χ2n) is 3.93. The van der Waals surface area contributed by atoms with Crippen molar-refractivity contribution in [2.24, 2.45) is 0 Å². The highest BCUT2D eigenvalue weighted by Crippen LogP contribution is 2.23. The number of carboxylic acids is 1. The van der Waals surface area contributed by atoms with E-state index in [1.807, 2.05) is 12.1 Å². The quantitative estimate of drug-likeness (QED) is 0.787. The van der Waals surface area contributed by atoms with Gasteiger partial charge in [0.2, 0.25) is 5.91 Å². The van der Waals surface area contributed by atoms with E-state index < -0.39 is 12.0 Å². The summed E-state index contributed by atoms with van der Waals surface area (Å²) in [5.74, 6) is -0.380. The molecule has 0 radical (unpaired) electrons. The van der Waals surface area contributed by atoms with Gasteiger partial charge in [-0.15, -0.1) is 0 Å². The third kappa shape index (κ3) is 2.22. The van der Waals surface area contributed by atoms with Gasteiger partial charge in [0.25, 0.3) is 0 Å². The van der Waals surface area contributed by atoms with Gasteiger partial charge in [0.1, 0.15) is 11.8 Å². The average Bonchev–Trinajstić information content (AvgIpc) is 2.33. The summed E-state index contributed by atoms with van der Waals surface area (Å²) in [5, 5.41) is 8.88. The van der Waals surface area contributed by atoms with Crippen molar-refractivity contribution >= 4 is 11.9 Å². The van der Waals surface area contributed by atoms with E-state index >= 15 is 0 Å². The van der Waals surface area contributed by atoms with Crippen molar-refractivity contribution in [1.29, 1.82) is 0 Å². The van der Waals surface area contributed by atoms with Crippen LogP contribution < -0.4 is 4.74 Å². The summed E-state index contributed by atoms with van der Waals surface area (Å²) in [4.78, 5) is 23.5. The van der Waals surface area contributed by atoms with Crippen LogP contribution in [0.1, 0.15) is 12.0 Å². The van der Waals surface area contributed by atoms with Crippen LogP contribution in [0.25, 0.3) is 0 Å². The molecule has 1 unspecified atom stereocenters. The Morgan fingerprint density at radius 3 is 2.94 bits per heavy atom. The first-order valence-corrected chi connectivity index (χ1v) is 5.27. The highest BCUT2D eigenvalue weighted by atomic mass is 16.5. The van der Waals surface area contributed by atoms with Gasteiger partial charge in [-0.2, -0.15) is 0 Å². The molecule has 1 aliphatic heterocycles. The fourth-order valence-corrected chi connectivity index (χ4v) is 1.84. The number of hydrogen-bond donors (Lipinski definition) is 1. The molecule has 90 valence electrons. The summed E-state index contributed by atoms with van der Waals surface area (Å²) < 4.78 is 5.07. The Hall–Kier alpha value is -2.04. The molecular weight excluding hydrogens is 222 g/mol. The lowest BCUT2D eigenvalue weighted by Crippen LogP contribution is -2.55. The van der Waals surface area contributed by atoms with Crippen molar-refractivity contribution in [2.45, 2.75) is 19.0 Å². The number of carbonyl (C=O) groups is 2. The summed E-state index contributed by atoms with van der Waals surface area (Å²) >= 11 is 0. The first kappa shape index (κ1) is 11.4. The molecule has 1 N–H and O–H groups in total. The van der Waals surface area contributed by atoms with Crippen molar-refractivity contribution in [2.75, 3.05) is 7.11 Å². The minimum atomic E-state index is -0.951. The van der Waals surface area contributed by atoms with Crippen LogP contribution in [0, 0.1) is 0 Å². The molecule has 2 rings (SSSR count). The maximum Gasteiger partial charge on any atom is 0.326 e. The molecule has 5 nitrogen and oxygen atoms in total. The number of methoxy groups -OCH3 is 1. The Kier molecular flexibility index (Phi) is 2.99. The van der Waals surface area contributed by atoms with Gasteiger partial charge in [0.05, 0.1) is 13.5 Å². The van der Waals surface area contributed by atoms with Gasteiger partial charge < -0.3 is 14.7 Å². The van der Waals surface area contributed by atoms with Crippen molar-refractivity contribution in [3.05, 3.63) is 29.8 Å². The lowest BCUT2D eigenvalue weighted by Gasteiger charge is -2.37. The number of nitrogens with zero attached hydrogens (tertiary/aromatic N) is 1. The van der Waals surface area contributed by atoms with E-state index in [2.05, 4.69) is 0 Å². The Labute approximate surface area is 98.6 Å². The molecule has 17 heavy (non-hydrogen) atoms. The van der Waals surface area contributed by atoms with E-state index in [4.69, 9.17) is 9.84 Å². The monoisotopic (exact) mass is 235 g/mol. The number of likely N-dealkylation sites (tertiary alicyclic amines) is 1. The molecule has 1 atom stereocenters. The number of rotatable bonds is 4. The smallest absolute Gasteiger partial charge is 0.326 e. The number of benzene rings is 1. The van der Waals surface area contributed by atoms with Crippen LogP contribution in [0.4, 0.5) is 0 Å². The molecule has 0 spiro atoms. The summed E-state index contributed by atoms with van der Waals surface area (Å²) in [5.41, 5.74) is 0.864. The van der Waals surface area contributed by atoms with E-state index in [0.29, 0.717) is 12.3 Å². The molecule has 1 aromatic rings. The van der Waals surface area contributed by atoms with E-state index in [0.717, 1.165) is 5.56 Å². The van der Waals surface area contributed by atoms with Crippen molar-refractivity contribution < 1.29 is 19.4 Å². The second kappa shape index (κ2) is 4.45. The first-order chi connectivity index (χ1) is 8.11. The van der Waals surface area contributed by atoms with Crippen LogP contribution in [0.2, 0.25) is 0 Å². The predicted octanol–water partition coefficient (Wildman–Crippen LogP) is 0.881. The molecule has 0 aliphatic carbocycles. The number of amides is 1. The summed E-state index contributed by atoms with van der Waals surface area (Å²) in [6.45, 7) is 0.312. The number of aliphatic carboxylic acids is 1. The zero-order chi connectivity index (χ0) is 12.4. The van der Waals surface area contributed by atoms with Gasteiger partial charge in [-0.1, -0.05) is 12.1 Å². The summed E-state index contributed by atoms with van der Waals surface area (Å²) in [7, 11) is 1.56. The molecule has 1 saturated heterocycles. The maximum absolute atomic E-state index is 11.3. The van der Waals surface area contributed by atoms with Gasteiger partial charge in [0, 0.05) is 6.54 Å². The number of carbonyl (C=O) groups excluding carboxylic acids is 1. The number of β-lactam (4-membered cyclic amide) rings is 1. The van der Waals surface area contributed by atoms with E-state index in [1.54, 1.807) is 19.2 Å². The summed E-state index contributed by atoms with van der Waals surface area (Å²) in [6.07, 6.45) is 0.0965. The van der Waals surface area contributed by atoms with Crippen LogP contribution in [0.5, 0.6) is 5.75 Å². The van der Waals surface area contributed by atoms with E-state index in [9.17, 15) is 9.59 Å². The number of hydrogen-bond acceptors (Lipinski definition) is 3. The first-order valence-electron chi connectivity index (χ1n) is 5.27. The SMILES string of the molecule is COc1cccc(CN2C(=O)CC2C(=O)O)c1. The highest BCUT2D eigenvalue weighted by molar-refractivity contribution is 5.94. The molecule has 1 aromatic carbocycles. The third-order valence-corrected chi connectivity index (χ3v) is 2.84. The second-order valence-corrected chi connectivity index (χ2v) is 3.93. The van der Waals surface area contributed by atoms with Crippen molar-refractivity contribution in [3.63, 3.8) is 0 Å². The zero-order valence-electron chi connectivity index (χ0n) is 9.42. The Bertz CT molecular complexity index is 458. The summed E-state index contributed by atoms with van der Waals surface area (Å²) in [6, 6.07) is 6.57. The predicted molar refractivity (Wildman–Crippen MR) is 59.6 cm³/mol. The molecule has 0 saturated carbocycles. The molecule has 0 bridgehead atoms. The molecular formula is C12H13NO4. The van der Waals surface area contributed by atoms with Crippen LogP contribution in [0.15, 0.2) is 24.3 Å². The Morgan fingerprint density at radius 2 is 2.35 bits per heavy atom. The lowest BCUT2D eigenvalue weighted by atomic mass is 10.0. The highest BCUT2D eigenvalue weighted by Gasteiger charge is 2.40. The average molecular weight is 235 g/mol. The Balaban J connectivity index is 2.09. The normalized spacial score (nSPS) is 18.8. The van der Waals surface area contributed by atoms with Crippen LogP contribution >= 0.6 is 0 Å². The topological polar surface area (TPSA) is 66.8 Å².